The Morgan fingerprint density at radius 3 is 2.97 bits per heavy atom. The van der Waals surface area contributed by atoms with Gasteiger partial charge in [0.15, 0.2) is 10.3 Å². The maximum absolute atomic E-state index is 12.4. The van der Waals surface area contributed by atoms with Crippen molar-refractivity contribution in [3.05, 3.63) is 64.0 Å². The predicted molar refractivity (Wildman–Crippen MR) is 118 cm³/mol. The zero-order chi connectivity index (χ0) is 21.4. The number of fused-ring (bicyclic) bond motifs is 3. The molecule has 0 aliphatic rings. The molecule has 31 heavy (non-hydrogen) atoms. The van der Waals surface area contributed by atoms with Crippen LogP contribution in [0.25, 0.3) is 28.1 Å². The highest BCUT2D eigenvalue weighted by molar-refractivity contribution is 7.99. The summed E-state index contributed by atoms with van der Waals surface area (Å²) >= 11 is 2.54. The highest BCUT2D eigenvalue weighted by atomic mass is 32.2. The van der Waals surface area contributed by atoms with Crippen LogP contribution in [-0.4, -0.2) is 41.1 Å². The molecule has 5 aromatic rings. The van der Waals surface area contributed by atoms with Crippen LogP contribution in [0.2, 0.25) is 0 Å². The summed E-state index contributed by atoms with van der Waals surface area (Å²) in [5.41, 5.74) is 2.93. The van der Waals surface area contributed by atoms with E-state index in [2.05, 4.69) is 25.5 Å². The van der Waals surface area contributed by atoms with Gasteiger partial charge in [0.05, 0.1) is 27.4 Å². The number of hydrogen-bond acceptors (Lipinski definition) is 8. The summed E-state index contributed by atoms with van der Waals surface area (Å²) in [4.78, 5) is 31.7. The van der Waals surface area contributed by atoms with E-state index in [1.165, 1.54) is 35.2 Å². The fraction of sp³-hybridized carbons (Fsp3) is 0.0526. The van der Waals surface area contributed by atoms with Gasteiger partial charge in [-0.3, -0.25) is 19.3 Å². The summed E-state index contributed by atoms with van der Waals surface area (Å²) in [6.07, 6.45) is 0. The van der Waals surface area contributed by atoms with Gasteiger partial charge in [0.25, 0.3) is 5.69 Å². The summed E-state index contributed by atoms with van der Waals surface area (Å²) in [5, 5.41) is 23.6. The van der Waals surface area contributed by atoms with Crippen molar-refractivity contribution in [3.63, 3.8) is 0 Å². The normalized spacial score (nSPS) is 11.2. The number of aromatic nitrogens is 5. The summed E-state index contributed by atoms with van der Waals surface area (Å²) < 4.78 is 1.87. The second-order valence-electron chi connectivity index (χ2n) is 6.45. The van der Waals surface area contributed by atoms with E-state index in [1.807, 2.05) is 28.7 Å². The Bertz CT molecular complexity index is 1440. The molecule has 0 radical (unpaired) electrons. The van der Waals surface area contributed by atoms with Gasteiger partial charge < -0.3 is 5.32 Å². The summed E-state index contributed by atoms with van der Waals surface area (Å²) in [6, 6.07) is 13.9. The van der Waals surface area contributed by atoms with E-state index in [9.17, 15) is 14.9 Å². The minimum absolute atomic E-state index is 0.00942. The number of non-ortho nitro benzene ring substituents is 1. The fourth-order valence-corrected chi connectivity index (χ4v) is 4.56. The smallest absolute Gasteiger partial charge is 0.270 e. The first-order valence-electron chi connectivity index (χ1n) is 9.03. The first-order valence-corrected chi connectivity index (χ1v) is 10.9. The standard InChI is InChI=1S/C19H13N7O3S2/c27-16(10-31-19-24-23-17-20-13-6-1-2-7-15(13)25(17)19)22-18-21-14(9-30-18)11-4-3-5-12(8-11)26(28)29/h1-9H,10H2,(H,20,23)(H,21,22,27). The van der Waals surface area contributed by atoms with E-state index in [1.54, 1.807) is 17.5 Å². The van der Waals surface area contributed by atoms with Gasteiger partial charge in [0.1, 0.15) is 0 Å². The van der Waals surface area contributed by atoms with Crippen molar-refractivity contribution < 1.29 is 9.72 Å². The Balaban J connectivity index is 1.27. The van der Waals surface area contributed by atoms with Gasteiger partial charge in [0, 0.05) is 23.1 Å². The second-order valence-corrected chi connectivity index (χ2v) is 8.25. The quantitative estimate of drug-likeness (QED) is 0.227. The highest BCUT2D eigenvalue weighted by Gasteiger charge is 2.15. The van der Waals surface area contributed by atoms with Crippen molar-refractivity contribution in [1.29, 1.82) is 0 Å². The molecule has 5 rings (SSSR count). The largest absolute Gasteiger partial charge is 0.301 e. The van der Waals surface area contributed by atoms with Crippen LogP contribution in [0.3, 0.4) is 0 Å². The monoisotopic (exact) mass is 451 g/mol. The van der Waals surface area contributed by atoms with E-state index >= 15 is 0 Å². The topological polar surface area (TPSA) is 131 Å². The van der Waals surface area contributed by atoms with E-state index in [0.29, 0.717) is 27.3 Å². The fourth-order valence-electron chi connectivity index (χ4n) is 3.07. The molecular weight excluding hydrogens is 438 g/mol. The molecule has 0 fully saturated rings. The Kier molecular flexibility index (Phi) is 4.84. The lowest BCUT2D eigenvalue weighted by molar-refractivity contribution is -0.384. The van der Waals surface area contributed by atoms with Crippen molar-refractivity contribution in [3.8, 4) is 11.3 Å². The number of imidazole rings is 1. The van der Waals surface area contributed by atoms with Gasteiger partial charge >= 0.3 is 0 Å². The maximum Gasteiger partial charge on any atom is 0.270 e. The van der Waals surface area contributed by atoms with Crippen molar-refractivity contribution >= 4 is 56.6 Å². The van der Waals surface area contributed by atoms with E-state index < -0.39 is 4.92 Å². The second kappa shape index (κ2) is 7.81. The molecule has 2 aromatic carbocycles. The van der Waals surface area contributed by atoms with Crippen LogP contribution in [0.15, 0.2) is 59.1 Å². The summed E-state index contributed by atoms with van der Waals surface area (Å²) in [7, 11) is 0. The molecule has 3 heterocycles. The van der Waals surface area contributed by atoms with Crippen LogP contribution in [0.4, 0.5) is 10.8 Å². The minimum atomic E-state index is -0.453. The van der Waals surface area contributed by atoms with Crippen LogP contribution in [0.5, 0.6) is 0 Å². The number of benzene rings is 2. The lowest BCUT2D eigenvalue weighted by Gasteiger charge is -2.01. The Labute approximate surface area is 182 Å². The number of anilines is 1. The van der Waals surface area contributed by atoms with Crippen molar-refractivity contribution in [2.75, 3.05) is 11.1 Å². The van der Waals surface area contributed by atoms with Gasteiger partial charge in [-0.15, -0.1) is 16.4 Å². The SMILES string of the molecule is O=C(CSc1n[nH]c2nc3ccccc3n12)Nc1nc(-c2cccc([N+](=O)[O-])c2)cs1. The number of nitro groups is 1. The van der Waals surface area contributed by atoms with Crippen LogP contribution in [0.1, 0.15) is 0 Å². The first kappa shape index (κ1) is 19.2. The van der Waals surface area contributed by atoms with Crippen LogP contribution < -0.4 is 5.32 Å². The maximum atomic E-state index is 12.4. The van der Waals surface area contributed by atoms with Crippen LogP contribution in [-0.2, 0) is 4.79 Å². The number of carbonyl (C=O) groups is 1. The molecule has 0 aliphatic carbocycles. The number of nitrogens with zero attached hydrogens (tertiary/aromatic N) is 5. The molecule has 1 amide bonds. The molecular formula is C19H13N7O3S2. The molecule has 3 aromatic heterocycles. The molecule has 154 valence electrons. The molecule has 12 heteroatoms. The number of nitrogens with one attached hydrogen (secondary N) is 2. The number of hydrogen-bond donors (Lipinski definition) is 2. The van der Waals surface area contributed by atoms with Gasteiger partial charge in [-0.1, -0.05) is 36.0 Å². The third kappa shape index (κ3) is 3.73. The average Bonchev–Trinajstić information content (AvgIpc) is 3.48. The van der Waals surface area contributed by atoms with Gasteiger partial charge in [0.2, 0.25) is 11.7 Å². The van der Waals surface area contributed by atoms with Crippen LogP contribution in [0, 0.1) is 10.1 Å². The molecule has 0 saturated carbocycles. The number of nitro benzene ring substituents is 1. The zero-order valence-electron chi connectivity index (χ0n) is 15.7. The van der Waals surface area contributed by atoms with Crippen molar-refractivity contribution in [2.45, 2.75) is 5.16 Å². The molecule has 0 unspecified atom stereocenters. The number of thiazole rings is 1. The van der Waals surface area contributed by atoms with E-state index in [0.717, 1.165) is 11.0 Å². The van der Waals surface area contributed by atoms with Crippen molar-refractivity contribution in [1.82, 2.24) is 24.6 Å². The number of aromatic amines is 1. The Hall–Kier alpha value is -3.77. The van der Waals surface area contributed by atoms with E-state index in [4.69, 9.17) is 0 Å². The van der Waals surface area contributed by atoms with Gasteiger partial charge in [-0.05, 0) is 12.1 Å². The number of thioether (sulfide) groups is 1. The summed E-state index contributed by atoms with van der Waals surface area (Å²) in [5.74, 6) is 0.522. The van der Waals surface area contributed by atoms with Gasteiger partial charge in [-0.2, -0.15) is 0 Å². The Morgan fingerprint density at radius 1 is 1.23 bits per heavy atom. The number of H-pyrrole nitrogens is 1. The number of para-hydroxylation sites is 2. The molecule has 10 nitrogen and oxygen atoms in total. The minimum Gasteiger partial charge on any atom is -0.301 e. The van der Waals surface area contributed by atoms with E-state index in [-0.39, 0.29) is 17.3 Å². The molecule has 0 bridgehead atoms. The zero-order valence-corrected chi connectivity index (χ0v) is 17.3. The number of carbonyl (C=O) groups excluding carboxylic acids is 1. The lowest BCUT2D eigenvalue weighted by atomic mass is 10.1. The molecule has 0 aliphatic heterocycles. The molecule has 2 N–H and O–H groups in total. The predicted octanol–water partition coefficient (Wildman–Crippen LogP) is 3.97. The van der Waals surface area contributed by atoms with Gasteiger partial charge in [-0.25, -0.2) is 15.1 Å². The third-order valence-corrected chi connectivity index (χ3v) is 6.14. The van der Waals surface area contributed by atoms with Crippen LogP contribution >= 0.6 is 23.1 Å². The summed E-state index contributed by atoms with van der Waals surface area (Å²) in [6.45, 7) is 0. The number of amides is 1. The Morgan fingerprint density at radius 2 is 2.10 bits per heavy atom. The lowest BCUT2D eigenvalue weighted by Crippen LogP contribution is -2.14. The number of rotatable bonds is 6. The molecule has 0 spiro atoms. The van der Waals surface area contributed by atoms with Crippen molar-refractivity contribution in [2.24, 2.45) is 0 Å². The third-order valence-electron chi connectivity index (χ3n) is 4.44. The molecule has 0 atom stereocenters. The average molecular weight is 451 g/mol. The molecule has 0 saturated heterocycles. The highest BCUT2D eigenvalue weighted by Crippen LogP contribution is 2.28. The first-order chi connectivity index (χ1) is 15.1.